The summed E-state index contributed by atoms with van der Waals surface area (Å²) in [4.78, 5) is 14.2. The summed E-state index contributed by atoms with van der Waals surface area (Å²) in [5, 5.41) is 6.34. The predicted molar refractivity (Wildman–Crippen MR) is 80.8 cm³/mol. The average molecular weight is 273 g/mol. The second-order valence-corrected chi connectivity index (χ2v) is 5.69. The fourth-order valence-corrected chi connectivity index (χ4v) is 3.13. The van der Waals surface area contributed by atoms with Crippen molar-refractivity contribution in [1.82, 2.24) is 10.6 Å². The Morgan fingerprint density at radius 3 is 2.80 bits per heavy atom. The zero-order valence-corrected chi connectivity index (χ0v) is 11.9. The van der Waals surface area contributed by atoms with Crippen LogP contribution in [0.2, 0.25) is 0 Å². The van der Waals surface area contributed by atoms with Crippen molar-refractivity contribution in [3.8, 4) is 0 Å². The molecule has 0 spiro atoms. The number of nitrogens with zero attached hydrogens (tertiary/aromatic N) is 1. The number of amides is 1. The first-order valence-electron chi connectivity index (χ1n) is 7.68. The first kappa shape index (κ1) is 13.4. The van der Waals surface area contributed by atoms with Crippen LogP contribution in [0.3, 0.4) is 0 Å². The monoisotopic (exact) mass is 273 g/mol. The van der Waals surface area contributed by atoms with Gasteiger partial charge in [-0.2, -0.15) is 0 Å². The van der Waals surface area contributed by atoms with Crippen LogP contribution in [0.4, 0.5) is 5.69 Å². The number of piperidine rings is 1. The highest BCUT2D eigenvalue weighted by Gasteiger charge is 2.22. The molecule has 2 saturated heterocycles. The second-order valence-electron chi connectivity index (χ2n) is 5.69. The summed E-state index contributed by atoms with van der Waals surface area (Å²) in [5.74, 6) is 0.148. The zero-order valence-electron chi connectivity index (χ0n) is 11.9. The Bertz CT molecular complexity index is 469. The highest BCUT2D eigenvalue weighted by atomic mass is 16.2. The van der Waals surface area contributed by atoms with Gasteiger partial charge in [0, 0.05) is 31.9 Å². The summed E-state index contributed by atoms with van der Waals surface area (Å²) in [7, 11) is 0. The van der Waals surface area contributed by atoms with Crippen LogP contribution in [-0.2, 0) is 11.3 Å². The van der Waals surface area contributed by atoms with Gasteiger partial charge in [-0.15, -0.1) is 0 Å². The van der Waals surface area contributed by atoms with Gasteiger partial charge >= 0.3 is 0 Å². The number of carbonyl (C=O) groups excluding carboxylic acids is 1. The van der Waals surface area contributed by atoms with Gasteiger partial charge in [-0.25, -0.2) is 0 Å². The quantitative estimate of drug-likeness (QED) is 0.877. The SMILES string of the molecule is O=C1NCCCC1NCc1ccccc1N1CCCC1. The normalized spacial score (nSPS) is 22.9. The van der Waals surface area contributed by atoms with Crippen molar-refractivity contribution in [2.45, 2.75) is 38.3 Å². The Balaban J connectivity index is 1.66. The molecule has 4 nitrogen and oxygen atoms in total. The van der Waals surface area contributed by atoms with Crippen LogP contribution in [0.25, 0.3) is 0 Å². The first-order chi connectivity index (χ1) is 9.84. The van der Waals surface area contributed by atoms with Gasteiger partial charge in [-0.3, -0.25) is 4.79 Å². The van der Waals surface area contributed by atoms with E-state index >= 15 is 0 Å². The number of hydrogen-bond donors (Lipinski definition) is 2. The lowest BCUT2D eigenvalue weighted by Crippen LogP contribution is -2.48. The maximum Gasteiger partial charge on any atom is 0.237 e. The number of anilines is 1. The molecule has 4 heteroatoms. The molecule has 0 radical (unpaired) electrons. The molecule has 1 amide bonds. The molecule has 1 atom stereocenters. The molecule has 0 aliphatic carbocycles. The van der Waals surface area contributed by atoms with E-state index in [2.05, 4.69) is 39.8 Å². The van der Waals surface area contributed by atoms with Gasteiger partial charge in [0.05, 0.1) is 6.04 Å². The highest BCUT2D eigenvalue weighted by molar-refractivity contribution is 5.82. The number of hydrogen-bond acceptors (Lipinski definition) is 3. The Labute approximate surface area is 120 Å². The minimum atomic E-state index is -0.0321. The van der Waals surface area contributed by atoms with E-state index in [1.807, 2.05) is 0 Å². The van der Waals surface area contributed by atoms with E-state index in [9.17, 15) is 4.79 Å². The molecular weight excluding hydrogens is 250 g/mol. The Kier molecular flexibility index (Phi) is 4.21. The largest absolute Gasteiger partial charge is 0.371 e. The summed E-state index contributed by atoms with van der Waals surface area (Å²) in [6, 6.07) is 8.52. The number of rotatable bonds is 4. The van der Waals surface area contributed by atoms with E-state index in [1.165, 1.54) is 24.1 Å². The fourth-order valence-electron chi connectivity index (χ4n) is 3.13. The standard InChI is InChI=1S/C16H23N3O/c20-16-14(7-5-9-17-16)18-12-13-6-1-2-8-15(13)19-10-3-4-11-19/h1-2,6,8,14,18H,3-5,7,9-12H2,(H,17,20). The van der Waals surface area contributed by atoms with E-state index in [0.717, 1.165) is 39.0 Å². The molecule has 1 aromatic rings. The fraction of sp³-hybridized carbons (Fsp3) is 0.562. The smallest absolute Gasteiger partial charge is 0.237 e. The minimum Gasteiger partial charge on any atom is -0.371 e. The summed E-state index contributed by atoms with van der Waals surface area (Å²) in [5.41, 5.74) is 2.63. The zero-order chi connectivity index (χ0) is 13.8. The summed E-state index contributed by atoms with van der Waals surface area (Å²) >= 11 is 0. The molecule has 1 unspecified atom stereocenters. The molecule has 108 valence electrons. The molecule has 2 aliphatic heterocycles. The van der Waals surface area contributed by atoms with Crippen molar-refractivity contribution >= 4 is 11.6 Å². The summed E-state index contributed by atoms with van der Waals surface area (Å²) in [6.45, 7) is 3.90. The third kappa shape index (κ3) is 2.96. The second kappa shape index (κ2) is 6.27. The maximum absolute atomic E-state index is 11.8. The van der Waals surface area contributed by atoms with Gasteiger partial charge in [0.1, 0.15) is 0 Å². The lowest BCUT2D eigenvalue weighted by atomic mass is 10.1. The topological polar surface area (TPSA) is 44.4 Å². The maximum atomic E-state index is 11.8. The Morgan fingerprint density at radius 2 is 2.00 bits per heavy atom. The molecule has 0 saturated carbocycles. The lowest BCUT2D eigenvalue weighted by Gasteiger charge is -2.25. The van der Waals surface area contributed by atoms with Crippen LogP contribution in [0.1, 0.15) is 31.2 Å². The third-order valence-corrected chi connectivity index (χ3v) is 4.26. The average Bonchev–Trinajstić information content (AvgIpc) is 3.01. The summed E-state index contributed by atoms with van der Waals surface area (Å²) in [6.07, 6.45) is 4.58. The van der Waals surface area contributed by atoms with E-state index < -0.39 is 0 Å². The minimum absolute atomic E-state index is 0.0321. The van der Waals surface area contributed by atoms with Gasteiger partial charge in [0.15, 0.2) is 0 Å². The van der Waals surface area contributed by atoms with Crippen molar-refractivity contribution < 1.29 is 4.79 Å². The van der Waals surface area contributed by atoms with E-state index in [4.69, 9.17) is 0 Å². The van der Waals surface area contributed by atoms with Crippen molar-refractivity contribution in [3.63, 3.8) is 0 Å². The molecule has 2 heterocycles. The molecule has 0 bridgehead atoms. The highest BCUT2D eigenvalue weighted by Crippen LogP contribution is 2.24. The molecule has 2 fully saturated rings. The van der Waals surface area contributed by atoms with Crippen molar-refractivity contribution in [3.05, 3.63) is 29.8 Å². The first-order valence-corrected chi connectivity index (χ1v) is 7.68. The van der Waals surface area contributed by atoms with Gasteiger partial charge in [0.2, 0.25) is 5.91 Å². The summed E-state index contributed by atoms with van der Waals surface area (Å²) < 4.78 is 0. The van der Waals surface area contributed by atoms with Crippen molar-refractivity contribution in [2.24, 2.45) is 0 Å². The molecule has 1 aromatic carbocycles. The molecule has 3 rings (SSSR count). The number of carbonyl (C=O) groups is 1. The molecule has 0 aromatic heterocycles. The van der Waals surface area contributed by atoms with Gasteiger partial charge in [0.25, 0.3) is 0 Å². The van der Waals surface area contributed by atoms with Gasteiger partial charge in [-0.05, 0) is 37.3 Å². The number of para-hydroxylation sites is 1. The predicted octanol–water partition coefficient (Wildman–Crippen LogP) is 1.65. The van der Waals surface area contributed by atoms with Gasteiger partial charge in [-0.1, -0.05) is 18.2 Å². The molecule has 2 aliphatic rings. The van der Waals surface area contributed by atoms with Crippen LogP contribution in [0.5, 0.6) is 0 Å². The van der Waals surface area contributed by atoms with Crippen molar-refractivity contribution in [2.75, 3.05) is 24.5 Å². The van der Waals surface area contributed by atoms with Crippen LogP contribution < -0.4 is 15.5 Å². The molecular formula is C16H23N3O. The molecule has 2 N–H and O–H groups in total. The van der Waals surface area contributed by atoms with Crippen LogP contribution >= 0.6 is 0 Å². The number of benzene rings is 1. The van der Waals surface area contributed by atoms with E-state index in [-0.39, 0.29) is 11.9 Å². The van der Waals surface area contributed by atoms with Crippen LogP contribution in [0.15, 0.2) is 24.3 Å². The Morgan fingerprint density at radius 1 is 1.20 bits per heavy atom. The molecule has 20 heavy (non-hydrogen) atoms. The van der Waals surface area contributed by atoms with Crippen LogP contribution in [-0.4, -0.2) is 31.6 Å². The van der Waals surface area contributed by atoms with E-state index in [1.54, 1.807) is 0 Å². The third-order valence-electron chi connectivity index (χ3n) is 4.26. The van der Waals surface area contributed by atoms with Crippen molar-refractivity contribution in [1.29, 1.82) is 0 Å². The lowest BCUT2D eigenvalue weighted by molar-refractivity contribution is -0.124. The Hall–Kier alpha value is -1.55. The van der Waals surface area contributed by atoms with Gasteiger partial charge < -0.3 is 15.5 Å². The van der Waals surface area contributed by atoms with Crippen LogP contribution in [0, 0.1) is 0 Å². The number of nitrogens with one attached hydrogen (secondary N) is 2. The van der Waals surface area contributed by atoms with E-state index in [0.29, 0.717) is 0 Å².